The lowest BCUT2D eigenvalue weighted by atomic mass is 10.1. The van der Waals surface area contributed by atoms with Crippen LogP contribution >= 0.6 is 11.6 Å². The van der Waals surface area contributed by atoms with Crippen molar-refractivity contribution in [3.8, 4) is 17.6 Å². The number of hydrogen-bond acceptors (Lipinski definition) is 5. The lowest BCUT2D eigenvalue weighted by molar-refractivity contribution is -0.118. The van der Waals surface area contributed by atoms with E-state index in [1.54, 1.807) is 42.5 Å². The largest absolute Gasteiger partial charge is 0.493 e. The molecule has 0 atom stereocenters. The standard InChI is InChI=1S/C26H22ClN3O4/c1-17-8-10-21(11-9-17)29-24(31)16-34-25-22(27)13-18(14-23(25)33-2)12-19(15-28)26(32)30-20-6-4-3-5-7-20/h3-14H,16H2,1-2H3,(H,29,31)(H,30,32)/b19-12+. The molecule has 0 aliphatic rings. The minimum absolute atomic E-state index is 0.117. The van der Waals surface area contributed by atoms with E-state index in [1.807, 2.05) is 31.2 Å². The summed E-state index contributed by atoms with van der Waals surface area (Å²) in [4.78, 5) is 24.7. The first kappa shape index (κ1) is 24.4. The van der Waals surface area contributed by atoms with Crippen LogP contribution in [0.2, 0.25) is 5.02 Å². The minimum Gasteiger partial charge on any atom is -0.493 e. The monoisotopic (exact) mass is 475 g/mol. The molecule has 0 aliphatic heterocycles. The number of carbonyl (C=O) groups excluding carboxylic acids is 2. The topological polar surface area (TPSA) is 100 Å². The average Bonchev–Trinajstić information content (AvgIpc) is 2.83. The highest BCUT2D eigenvalue weighted by atomic mass is 35.5. The van der Waals surface area contributed by atoms with Crippen LogP contribution < -0.4 is 20.1 Å². The molecule has 0 spiro atoms. The maximum Gasteiger partial charge on any atom is 0.266 e. The van der Waals surface area contributed by atoms with Gasteiger partial charge < -0.3 is 20.1 Å². The van der Waals surface area contributed by atoms with Gasteiger partial charge in [0.15, 0.2) is 18.1 Å². The van der Waals surface area contributed by atoms with Crippen LogP contribution in [-0.2, 0) is 9.59 Å². The summed E-state index contributed by atoms with van der Waals surface area (Å²) in [5.41, 5.74) is 2.63. The number of aryl methyl sites for hydroxylation is 1. The number of hydrogen-bond donors (Lipinski definition) is 2. The summed E-state index contributed by atoms with van der Waals surface area (Å²) in [6.45, 7) is 1.67. The van der Waals surface area contributed by atoms with Gasteiger partial charge in [0.05, 0.1) is 12.1 Å². The highest BCUT2D eigenvalue weighted by Crippen LogP contribution is 2.37. The average molecular weight is 476 g/mol. The van der Waals surface area contributed by atoms with Crippen molar-refractivity contribution in [3.05, 3.63) is 88.5 Å². The zero-order valence-corrected chi connectivity index (χ0v) is 19.3. The molecule has 34 heavy (non-hydrogen) atoms. The number of amides is 2. The number of ether oxygens (including phenoxy) is 2. The summed E-state index contributed by atoms with van der Waals surface area (Å²) in [6, 6.07) is 21.1. The number of nitrogens with one attached hydrogen (secondary N) is 2. The number of halogens is 1. The molecule has 172 valence electrons. The van der Waals surface area contributed by atoms with E-state index >= 15 is 0 Å². The predicted octanol–water partition coefficient (Wildman–Crippen LogP) is 5.22. The highest BCUT2D eigenvalue weighted by molar-refractivity contribution is 6.32. The van der Waals surface area contributed by atoms with Crippen molar-refractivity contribution in [1.29, 1.82) is 5.26 Å². The molecule has 0 saturated heterocycles. The fourth-order valence-corrected chi connectivity index (χ4v) is 3.24. The van der Waals surface area contributed by atoms with Gasteiger partial charge in [-0.2, -0.15) is 5.26 Å². The molecule has 2 N–H and O–H groups in total. The maximum atomic E-state index is 12.5. The van der Waals surface area contributed by atoms with Crippen LogP contribution in [0.15, 0.2) is 72.3 Å². The van der Waals surface area contributed by atoms with Crippen molar-refractivity contribution in [2.45, 2.75) is 6.92 Å². The summed E-state index contributed by atoms with van der Waals surface area (Å²) in [5, 5.41) is 15.0. The van der Waals surface area contributed by atoms with Crippen LogP contribution in [-0.4, -0.2) is 25.5 Å². The maximum absolute atomic E-state index is 12.5. The Labute approximate surface area is 202 Å². The van der Waals surface area contributed by atoms with Crippen molar-refractivity contribution in [2.24, 2.45) is 0 Å². The molecule has 0 aliphatic carbocycles. The molecule has 0 bridgehead atoms. The van der Waals surface area contributed by atoms with Gasteiger partial charge in [-0.1, -0.05) is 47.5 Å². The summed E-state index contributed by atoms with van der Waals surface area (Å²) in [7, 11) is 1.42. The van der Waals surface area contributed by atoms with E-state index in [9.17, 15) is 14.9 Å². The lowest BCUT2D eigenvalue weighted by Crippen LogP contribution is -2.20. The molecular weight excluding hydrogens is 454 g/mol. The Morgan fingerprint density at radius 2 is 1.71 bits per heavy atom. The van der Waals surface area contributed by atoms with E-state index in [-0.39, 0.29) is 34.6 Å². The van der Waals surface area contributed by atoms with Crippen LogP contribution in [0.3, 0.4) is 0 Å². The number of methoxy groups -OCH3 is 1. The van der Waals surface area contributed by atoms with Crippen LogP contribution in [0.5, 0.6) is 11.5 Å². The summed E-state index contributed by atoms with van der Waals surface area (Å²) in [6.07, 6.45) is 1.39. The van der Waals surface area contributed by atoms with E-state index in [4.69, 9.17) is 21.1 Å². The summed E-state index contributed by atoms with van der Waals surface area (Å²) < 4.78 is 10.9. The third-order valence-electron chi connectivity index (χ3n) is 4.64. The van der Waals surface area contributed by atoms with Gasteiger partial charge in [-0.25, -0.2) is 0 Å². The summed E-state index contributed by atoms with van der Waals surface area (Å²) in [5.74, 6) is -0.498. The molecule has 0 unspecified atom stereocenters. The van der Waals surface area contributed by atoms with Gasteiger partial charge in [0.25, 0.3) is 11.8 Å². The summed E-state index contributed by atoms with van der Waals surface area (Å²) >= 11 is 6.36. The third kappa shape index (κ3) is 6.61. The fraction of sp³-hybridized carbons (Fsp3) is 0.115. The predicted molar refractivity (Wildman–Crippen MR) is 132 cm³/mol. The highest BCUT2D eigenvalue weighted by Gasteiger charge is 2.15. The molecule has 3 aromatic carbocycles. The van der Waals surface area contributed by atoms with Gasteiger partial charge in [0.2, 0.25) is 0 Å². The molecule has 0 saturated carbocycles. The molecule has 0 aromatic heterocycles. The molecule has 8 heteroatoms. The van der Waals surface area contributed by atoms with Gasteiger partial charge in [-0.15, -0.1) is 0 Å². The number of carbonyl (C=O) groups is 2. The Bertz CT molecular complexity index is 1250. The molecule has 7 nitrogen and oxygen atoms in total. The normalized spacial score (nSPS) is 10.7. The van der Waals surface area contributed by atoms with E-state index in [2.05, 4.69) is 10.6 Å². The molecule has 0 radical (unpaired) electrons. The van der Waals surface area contributed by atoms with Gasteiger partial charge in [0, 0.05) is 11.4 Å². The number of benzene rings is 3. The first-order valence-electron chi connectivity index (χ1n) is 10.2. The van der Waals surface area contributed by atoms with Crippen molar-refractivity contribution in [1.82, 2.24) is 0 Å². The SMILES string of the molecule is COc1cc(/C=C(\C#N)C(=O)Nc2ccccc2)cc(Cl)c1OCC(=O)Nc1ccc(C)cc1. The smallest absolute Gasteiger partial charge is 0.266 e. The minimum atomic E-state index is -0.558. The van der Waals surface area contributed by atoms with Crippen LogP contribution in [0.4, 0.5) is 11.4 Å². The van der Waals surface area contributed by atoms with Gasteiger partial charge >= 0.3 is 0 Å². The molecule has 3 rings (SSSR count). The van der Waals surface area contributed by atoms with E-state index < -0.39 is 5.91 Å². The van der Waals surface area contributed by atoms with Gasteiger partial charge in [0.1, 0.15) is 11.6 Å². The Kier molecular flexibility index (Phi) is 8.27. The molecular formula is C26H22ClN3O4. The van der Waals surface area contributed by atoms with Crippen molar-refractivity contribution in [3.63, 3.8) is 0 Å². The second-order valence-electron chi connectivity index (χ2n) is 7.23. The first-order valence-corrected chi connectivity index (χ1v) is 10.6. The van der Waals surface area contributed by atoms with Crippen LogP contribution in [0.25, 0.3) is 6.08 Å². The zero-order valence-electron chi connectivity index (χ0n) is 18.6. The quantitative estimate of drug-likeness (QED) is 0.343. The van der Waals surface area contributed by atoms with E-state index in [1.165, 1.54) is 19.3 Å². The molecule has 0 heterocycles. The van der Waals surface area contributed by atoms with Crippen LogP contribution in [0, 0.1) is 18.3 Å². The third-order valence-corrected chi connectivity index (χ3v) is 4.92. The number of rotatable bonds is 8. The second-order valence-corrected chi connectivity index (χ2v) is 7.63. The zero-order chi connectivity index (χ0) is 24.5. The molecule has 3 aromatic rings. The Morgan fingerprint density at radius 1 is 1.03 bits per heavy atom. The molecule has 0 fully saturated rings. The Morgan fingerprint density at radius 3 is 2.35 bits per heavy atom. The molecule has 2 amide bonds. The van der Waals surface area contributed by atoms with Gasteiger partial charge in [-0.05, 0) is 55.0 Å². The number of nitrogens with zero attached hydrogens (tertiary/aromatic N) is 1. The number of para-hydroxylation sites is 1. The number of anilines is 2. The van der Waals surface area contributed by atoms with Crippen molar-refractivity contribution in [2.75, 3.05) is 24.4 Å². The van der Waals surface area contributed by atoms with Crippen molar-refractivity contribution >= 4 is 40.9 Å². The van der Waals surface area contributed by atoms with Gasteiger partial charge in [-0.3, -0.25) is 9.59 Å². The lowest BCUT2D eigenvalue weighted by Gasteiger charge is -2.13. The first-order chi connectivity index (χ1) is 16.4. The Balaban J connectivity index is 1.72. The number of nitriles is 1. The van der Waals surface area contributed by atoms with Crippen molar-refractivity contribution < 1.29 is 19.1 Å². The second kappa shape index (κ2) is 11.5. The Hall–Kier alpha value is -4.28. The fourth-order valence-electron chi connectivity index (χ4n) is 2.97. The van der Waals surface area contributed by atoms with E-state index in [0.717, 1.165) is 5.56 Å². The van der Waals surface area contributed by atoms with E-state index in [0.29, 0.717) is 16.9 Å². The van der Waals surface area contributed by atoms with Crippen LogP contribution in [0.1, 0.15) is 11.1 Å².